The Morgan fingerprint density at radius 1 is 1.28 bits per heavy atom. The van der Waals surface area contributed by atoms with Crippen LogP contribution in [0.5, 0.6) is 0 Å². The first-order valence-electron chi connectivity index (χ1n) is 7.94. The highest BCUT2D eigenvalue weighted by molar-refractivity contribution is 7.91. The normalized spacial score (nSPS) is 18.4. The topological polar surface area (TPSA) is 66.5 Å². The van der Waals surface area contributed by atoms with Crippen LogP contribution in [0.1, 0.15) is 23.3 Å². The number of amides is 1. The van der Waals surface area contributed by atoms with Crippen LogP contribution in [0.25, 0.3) is 0 Å². The largest absolute Gasteiger partial charge is 0.322 e. The summed E-state index contributed by atoms with van der Waals surface area (Å²) in [5.74, 6) is -1.04. The molecule has 134 valence electrons. The first-order valence-corrected chi connectivity index (χ1v) is 10.2. The molecule has 1 amide bonds. The molecule has 0 spiro atoms. The Kier molecular flexibility index (Phi) is 4.95. The monoisotopic (exact) mass is 382 g/mol. The van der Waals surface area contributed by atoms with E-state index in [1.165, 1.54) is 27.8 Å². The van der Waals surface area contributed by atoms with Crippen LogP contribution in [0, 0.1) is 19.7 Å². The lowest BCUT2D eigenvalue weighted by molar-refractivity contribution is -0.119. The van der Waals surface area contributed by atoms with Gasteiger partial charge in [-0.1, -0.05) is 6.07 Å². The van der Waals surface area contributed by atoms with Crippen molar-refractivity contribution < 1.29 is 17.6 Å². The van der Waals surface area contributed by atoms with Crippen LogP contribution in [0.3, 0.4) is 0 Å². The average Bonchev–Trinajstić information content (AvgIpc) is 3.20. The average molecular weight is 382 g/mol. The Balaban J connectivity index is 1.84. The quantitative estimate of drug-likeness (QED) is 0.882. The number of halogens is 1. The van der Waals surface area contributed by atoms with Gasteiger partial charge in [-0.05, 0) is 56.5 Å². The van der Waals surface area contributed by atoms with Crippen LogP contribution in [-0.4, -0.2) is 31.2 Å². The lowest BCUT2D eigenvalue weighted by atomic mass is 10.2. The number of benzene rings is 1. The third-order valence-electron chi connectivity index (χ3n) is 4.16. The number of aryl methyl sites for hydroxylation is 2. The van der Waals surface area contributed by atoms with Crippen LogP contribution >= 0.6 is 11.3 Å². The van der Waals surface area contributed by atoms with Crippen LogP contribution in [0.15, 0.2) is 34.5 Å². The lowest BCUT2D eigenvalue weighted by Gasteiger charge is -2.22. The van der Waals surface area contributed by atoms with E-state index in [1.54, 1.807) is 25.1 Å². The van der Waals surface area contributed by atoms with Gasteiger partial charge in [0.25, 0.3) is 10.0 Å². The number of carbonyl (C=O) groups excluding carboxylic acids is 1. The number of anilines is 1. The second kappa shape index (κ2) is 6.86. The van der Waals surface area contributed by atoms with Crippen molar-refractivity contribution in [1.29, 1.82) is 0 Å². The Hall–Kier alpha value is -1.77. The van der Waals surface area contributed by atoms with Crippen molar-refractivity contribution in [1.82, 2.24) is 4.31 Å². The van der Waals surface area contributed by atoms with Gasteiger partial charge in [0.1, 0.15) is 16.1 Å². The van der Waals surface area contributed by atoms with Gasteiger partial charge in [-0.25, -0.2) is 12.8 Å². The van der Waals surface area contributed by atoms with E-state index >= 15 is 0 Å². The number of carbonyl (C=O) groups is 1. The zero-order chi connectivity index (χ0) is 18.2. The standard InChI is InChI=1S/C17H19FN2O3S2/c1-11-5-7-13(18)14(10-11)19-17(21)15-4-3-9-20(15)25(22,23)16-8-6-12(2)24-16/h5-8,10,15H,3-4,9H2,1-2H3,(H,19,21). The summed E-state index contributed by atoms with van der Waals surface area (Å²) in [6.45, 7) is 3.91. The second-order valence-electron chi connectivity index (χ2n) is 6.11. The van der Waals surface area contributed by atoms with Gasteiger partial charge in [0.2, 0.25) is 5.91 Å². The zero-order valence-corrected chi connectivity index (χ0v) is 15.6. The van der Waals surface area contributed by atoms with Crippen molar-refractivity contribution in [3.63, 3.8) is 0 Å². The van der Waals surface area contributed by atoms with Crippen LogP contribution in [0.4, 0.5) is 10.1 Å². The predicted molar refractivity (Wildman–Crippen MR) is 95.7 cm³/mol. The molecule has 2 heterocycles. The highest BCUT2D eigenvalue weighted by atomic mass is 32.2. The summed E-state index contributed by atoms with van der Waals surface area (Å²) >= 11 is 1.18. The molecule has 0 bridgehead atoms. The predicted octanol–water partition coefficient (Wildman–Crippen LogP) is 3.30. The SMILES string of the molecule is Cc1ccc(F)c(NC(=O)C2CCCN2S(=O)(=O)c2ccc(C)s2)c1. The summed E-state index contributed by atoms with van der Waals surface area (Å²) < 4.78 is 41.0. The molecule has 2 aromatic rings. The summed E-state index contributed by atoms with van der Waals surface area (Å²) in [5, 5.41) is 2.54. The molecule has 1 aliphatic rings. The maximum Gasteiger partial charge on any atom is 0.253 e. The maximum absolute atomic E-state index is 13.9. The molecule has 25 heavy (non-hydrogen) atoms. The molecule has 8 heteroatoms. The number of rotatable bonds is 4. The first-order chi connectivity index (χ1) is 11.8. The van der Waals surface area contributed by atoms with Crippen molar-refractivity contribution in [3.05, 3.63) is 46.6 Å². The van der Waals surface area contributed by atoms with E-state index in [9.17, 15) is 17.6 Å². The van der Waals surface area contributed by atoms with E-state index in [-0.39, 0.29) is 16.4 Å². The molecular weight excluding hydrogens is 363 g/mol. The molecule has 0 radical (unpaired) electrons. The third-order valence-corrected chi connectivity index (χ3v) is 7.54. The van der Waals surface area contributed by atoms with Crippen molar-refractivity contribution in [3.8, 4) is 0 Å². The molecule has 1 aromatic carbocycles. The molecule has 1 N–H and O–H groups in total. The van der Waals surface area contributed by atoms with E-state index in [2.05, 4.69) is 5.32 Å². The zero-order valence-electron chi connectivity index (χ0n) is 14.0. The highest BCUT2D eigenvalue weighted by Gasteiger charge is 2.40. The fourth-order valence-corrected chi connectivity index (χ4v) is 5.98. The maximum atomic E-state index is 13.9. The van der Waals surface area contributed by atoms with Gasteiger partial charge in [-0.3, -0.25) is 4.79 Å². The minimum Gasteiger partial charge on any atom is -0.322 e. The van der Waals surface area contributed by atoms with Crippen LogP contribution in [-0.2, 0) is 14.8 Å². The first kappa shape index (κ1) is 18.0. The Labute approximate surface area is 150 Å². The van der Waals surface area contributed by atoms with E-state index < -0.39 is 27.8 Å². The summed E-state index contributed by atoms with van der Waals surface area (Å²) in [7, 11) is -3.73. The Bertz CT molecular complexity index is 908. The van der Waals surface area contributed by atoms with Gasteiger partial charge in [0, 0.05) is 11.4 Å². The second-order valence-corrected chi connectivity index (χ2v) is 9.52. The minimum atomic E-state index is -3.73. The smallest absolute Gasteiger partial charge is 0.253 e. The number of hydrogen-bond donors (Lipinski definition) is 1. The molecule has 5 nitrogen and oxygen atoms in total. The number of sulfonamides is 1. The molecule has 1 atom stereocenters. The molecule has 3 rings (SSSR count). The number of thiophene rings is 1. The van der Waals surface area contributed by atoms with Gasteiger partial charge < -0.3 is 5.32 Å². The third kappa shape index (κ3) is 3.61. The molecule has 0 saturated carbocycles. The minimum absolute atomic E-state index is 0.0706. The van der Waals surface area contributed by atoms with Crippen molar-refractivity contribution in [2.45, 2.75) is 36.9 Å². The van der Waals surface area contributed by atoms with Gasteiger partial charge in [-0.2, -0.15) is 4.31 Å². The molecule has 0 aliphatic carbocycles. The van der Waals surface area contributed by atoms with Gasteiger partial charge in [0.15, 0.2) is 0 Å². The van der Waals surface area contributed by atoms with E-state index in [1.807, 2.05) is 6.92 Å². The van der Waals surface area contributed by atoms with E-state index in [0.29, 0.717) is 12.8 Å². The summed E-state index contributed by atoms with van der Waals surface area (Å²) in [6.07, 6.45) is 1.01. The van der Waals surface area contributed by atoms with Crippen molar-refractivity contribution >= 4 is 33.0 Å². The van der Waals surface area contributed by atoms with Crippen molar-refractivity contribution in [2.75, 3.05) is 11.9 Å². The molecule has 1 unspecified atom stereocenters. The van der Waals surface area contributed by atoms with Gasteiger partial charge >= 0.3 is 0 Å². The molecular formula is C17H19FN2O3S2. The molecule has 1 saturated heterocycles. The van der Waals surface area contributed by atoms with Gasteiger partial charge in [0.05, 0.1) is 5.69 Å². The lowest BCUT2D eigenvalue weighted by Crippen LogP contribution is -2.43. The van der Waals surface area contributed by atoms with Crippen LogP contribution < -0.4 is 5.32 Å². The fourth-order valence-electron chi connectivity index (χ4n) is 2.91. The van der Waals surface area contributed by atoms with Crippen LogP contribution in [0.2, 0.25) is 0 Å². The Morgan fingerprint density at radius 2 is 2.04 bits per heavy atom. The molecule has 1 aliphatic heterocycles. The summed E-state index contributed by atoms with van der Waals surface area (Å²) in [5.41, 5.74) is 0.878. The number of nitrogens with zero attached hydrogens (tertiary/aromatic N) is 1. The number of hydrogen-bond acceptors (Lipinski definition) is 4. The molecule has 1 fully saturated rings. The van der Waals surface area contributed by atoms with E-state index in [4.69, 9.17) is 0 Å². The molecule has 1 aromatic heterocycles. The van der Waals surface area contributed by atoms with Crippen molar-refractivity contribution in [2.24, 2.45) is 0 Å². The fraction of sp³-hybridized carbons (Fsp3) is 0.353. The summed E-state index contributed by atoms with van der Waals surface area (Å²) in [4.78, 5) is 13.5. The van der Waals surface area contributed by atoms with Gasteiger partial charge in [-0.15, -0.1) is 11.3 Å². The van der Waals surface area contributed by atoms with E-state index in [0.717, 1.165) is 10.4 Å². The summed E-state index contributed by atoms with van der Waals surface area (Å²) in [6, 6.07) is 6.89. The Morgan fingerprint density at radius 3 is 2.72 bits per heavy atom. The number of nitrogens with one attached hydrogen (secondary N) is 1. The highest BCUT2D eigenvalue weighted by Crippen LogP contribution is 2.30.